The zero-order chi connectivity index (χ0) is 13.1. The van der Waals surface area contributed by atoms with Gasteiger partial charge in [-0.15, -0.1) is 0 Å². The van der Waals surface area contributed by atoms with Crippen LogP contribution >= 0.6 is 11.6 Å². The smallest absolute Gasteiger partial charge is 0.157 e. The summed E-state index contributed by atoms with van der Waals surface area (Å²) in [5, 5.41) is 3.52. The lowest BCUT2D eigenvalue weighted by atomic mass is 10.2. The standard InChI is InChI=1S/C12H19ClN4O/c1-4-9-6-17(5-8(2)18-9)12-10(14-3)11(13)15-7-16-12/h7-9,14H,4-6H2,1-3H3. The Bertz CT molecular complexity index is 415. The molecule has 2 heterocycles. The van der Waals surface area contributed by atoms with E-state index in [0.717, 1.165) is 31.0 Å². The van der Waals surface area contributed by atoms with E-state index >= 15 is 0 Å². The van der Waals surface area contributed by atoms with Crippen molar-refractivity contribution in [3.05, 3.63) is 11.5 Å². The maximum atomic E-state index is 6.08. The van der Waals surface area contributed by atoms with Crippen molar-refractivity contribution >= 4 is 23.1 Å². The van der Waals surface area contributed by atoms with Gasteiger partial charge in [0, 0.05) is 20.1 Å². The van der Waals surface area contributed by atoms with Crippen LogP contribution in [0.1, 0.15) is 20.3 Å². The van der Waals surface area contributed by atoms with Crippen LogP contribution in [0.15, 0.2) is 6.33 Å². The van der Waals surface area contributed by atoms with Crippen LogP contribution in [-0.4, -0.2) is 42.3 Å². The van der Waals surface area contributed by atoms with Crippen LogP contribution in [0.4, 0.5) is 11.5 Å². The number of aromatic nitrogens is 2. The molecule has 0 radical (unpaired) electrons. The second kappa shape index (κ2) is 5.71. The Morgan fingerprint density at radius 2 is 2.28 bits per heavy atom. The molecule has 1 aliphatic heterocycles. The van der Waals surface area contributed by atoms with Gasteiger partial charge in [-0.25, -0.2) is 9.97 Å². The highest BCUT2D eigenvalue weighted by Crippen LogP contribution is 2.30. The first kappa shape index (κ1) is 13.4. The third kappa shape index (κ3) is 2.67. The molecule has 0 aromatic carbocycles. The maximum Gasteiger partial charge on any atom is 0.157 e. The van der Waals surface area contributed by atoms with Crippen LogP contribution in [0, 0.1) is 0 Å². The first-order valence-corrected chi connectivity index (χ1v) is 6.62. The first-order valence-electron chi connectivity index (χ1n) is 6.24. The van der Waals surface area contributed by atoms with Crippen molar-refractivity contribution in [1.29, 1.82) is 0 Å². The Morgan fingerprint density at radius 3 is 2.94 bits per heavy atom. The van der Waals surface area contributed by atoms with Crippen molar-refractivity contribution in [2.45, 2.75) is 32.5 Å². The van der Waals surface area contributed by atoms with Gasteiger partial charge in [-0.3, -0.25) is 0 Å². The van der Waals surface area contributed by atoms with Gasteiger partial charge >= 0.3 is 0 Å². The number of halogens is 1. The fourth-order valence-corrected chi connectivity index (χ4v) is 2.48. The third-order valence-corrected chi connectivity index (χ3v) is 3.40. The molecule has 0 amide bonds. The van der Waals surface area contributed by atoms with Gasteiger partial charge < -0.3 is 15.0 Å². The summed E-state index contributed by atoms with van der Waals surface area (Å²) in [5.74, 6) is 0.853. The topological polar surface area (TPSA) is 50.3 Å². The lowest BCUT2D eigenvalue weighted by molar-refractivity contribution is -0.0174. The van der Waals surface area contributed by atoms with Crippen molar-refractivity contribution in [1.82, 2.24) is 9.97 Å². The van der Waals surface area contributed by atoms with E-state index in [1.54, 1.807) is 0 Å². The SMILES string of the molecule is CCC1CN(c2ncnc(Cl)c2NC)CC(C)O1. The Labute approximate surface area is 113 Å². The molecular weight excluding hydrogens is 252 g/mol. The molecule has 1 saturated heterocycles. The second-order valence-corrected chi connectivity index (χ2v) is 4.85. The molecule has 100 valence electrons. The predicted octanol–water partition coefficient (Wildman–Crippen LogP) is 2.18. The summed E-state index contributed by atoms with van der Waals surface area (Å²) >= 11 is 6.08. The van der Waals surface area contributed by atoms with Gasteiger partial charge in [-0.1, -0.05) is 18.5 Å². The lowest BCUT2D eigenvalue weighted by Crippen LogP contribution is -2.47. The van der Waals surface area contributed by atoms with E-state index in [2.05, 4.69) is 34.0 Å². The average Bonchev–Trinajstić information content (AvgIpc) is 2.37. The quantitative estimate of drug-likeness (QED) is 0.853. The maximum absolute atomic E-state index is 6.08. The van der Waals surface area contributed by atoms with Gasteiger partial charge in [-0.2, -0.15) is 0 Å². The minimum atomic E-state index is 0.196. The van der Waals surface area contributed by atoms with E-state index in [1.807, 2.05) is 7.05 Å². The Morgan fingerprint density at radius 1 is 1.50 bits per heavy atom. The summed E-state index contributed by atoms with van der Waals surface area (Å²) in [6.45, 7) is 5.87. The summed E-state index contributed by atoms with van der Waals surface area (Å²) in [6.07, 6.45) is 2.93. The van der Waals surface area contributed by atoms with Crippen molar-refractivity contribution < 1.29 is 4.74 Å². The predicted molar refractivity (Wildman–Crippen MR) is 73.4 cm³/mol. The fourth-order valence-electron chi connectivity index (χ4n) is 2.25. The summed E-state index contributed by atoms with van der Waals surface area (Å²) in [6, 6.07) is 0. The fraction of sp³-hybridized carbons (Fsp3) is 0.667. The molecule has 18 heavy (non-hydrogen) atoms. The molecule has 1 N–H and O–H groups in total. The van der Waals surface area contributed by atoms with Gasteiger partial charge in [0.05, 0.1) is 12.2 Å². The van der Waals surface area contributed by atoms with Crippen LogP contribution in [0.5, 0.6) is 0 Å². The molecule has 5 nitrogen and oxygen atoms in total. The van der Waals surface area contributed by atoms with Crippen LogP contribution in [0.3, 0.4) is 0 Å². The van der Waals surface area contributed by atoms with Gasteiger partial charge in [-0.05, 0) is 13.3 Å². The number of hydrogen-bond donors (Lipinski definition) is 1. The van der Waals surface area contributed by atoms with Gasteiger partial charge in [0.2, 0.25) is 0 Å². The van der Waals surface area contributed by atoms with E-state index < -0.39 is 0 Å². The van der Waals surface area contributed by atoms with E-state index in [4.69, 9.17) is 16.3 Å². The van der Waals surface area contributed by atoms with Crippen LogP contribution < -0.4 is 10.2 Å². The zero-order valence-corrected chi connectivity index (χ0v) is 11.7. The molecule has 1 fully saturated rings. The summed E-state index contributed by atoms with van der Waals surface area (Å²) in [5.41, 5.74) is 0.781. The molecule has 0 saturated carbocycles. The Kier molecular flexibility index (Phi) is 4.24. The van der Waals surface area contributed by atoms with Gasteiger partial charge in [0.15, 0.2) is 11.0 Å². The highest BCUT2D eigenvalue weighted by molar-refractivity contribution is 6.32. The monoisotopic (exact) mass is 270 g/mol. The minimum absolute atomic E-state index is 0.196. The number of morpholine rings is 1. The van der Waals surface area contributed by atoms with Crippen LogP contribution in [0.25, 0.3) is 0 Å². The van der Waals surface area contributed by atoms with E-state index in [1.165, 1.54) is 6.33 Å². The Balaban J connectivity index is 2.27. The largest absolute Gasteiger partial charge is 0.383 e. The van der Waals surface area contributed by atoms with Crippen molar-refractivity contribution in [3.8, 4) is 0 Å². The number of nitrogens with one attached hydrogen (secondary N) is 1. The highest BCUT2D eigenvalue weighted by Gasteiger charge is 2.27. The first-order chi connectivity index (χ1) is 8.65. The number of rotatable bonds is 3. The number of nitrogens with zero attached hydrogens (tertiary/aromatic N) is 3. The van der Waals surface area contributed by atoms with E-state index in [0.29, 0.717) is 5.15 Å². The molecule has 1 aromatic rings. The van der Waals surface area contributed by atoms with Crippen LogP contribution in [-0.2, 0) is 4.74 Å². The molecular formula is C12H19ClN4O. The Hall–Kier alpha value is -1.07. The summed E-state index contributed by atoms with van der Waals surface area (Å²) in [4.78, 5) is 10.6. The molecule has 0 bridgehead atoms. The number of anilines is 2. The summed E-state index contributed by atoms with van der Waals surface area (Å²) < 4.78 is 5.85. The second-order valence-electron chi connectivity index (χ2n) is 4.50. The molecule has 2 rings (SSSR count). The molecule has 2 unspecified atom stereocenters. The molecule has 1 aromatic heterocycles. The lowest BCUT2D eigenvalue weighted by Gasteiger charge is -2.37. The normalized spacial score (nSPS) is 24.1. The summed E-state index contributed by atoms with van der Waals surface area (Å²) in [7, 11) is 1.83. The molecule has 6 heteroatoms. The molecule has 0 aliphatic carbocycles. The third-order valence-electron chi connectivity index (χ3n) is 3.11. The van der Waals surface area contributed by atoms with Gasteiger partial charge in [0.25, 0.3) is 0 Å². The van der Waals surface area contributed by atoms with E-state index in [9.17, 15) is 0 Å². The highest BCUT2D eigenvalue weighted by atomic mass is 35.5. The molecule has 1 aliphatic rings. The van der Waals surface area contributed by atoms with Crippen molar-refractivity contribution in [2.24, 2.45) is 0 Å². The van der Waals surface area contributed by atoms with Crippen molar-refractivity contribution in [3.63, 3.8) is 0 Å². The average molecular weight is 271 g/mol. The molecule has 2 atom stereocenters. The minimum Gasteiger partial charge on any atom is -0.383 e. The van der Waals surface area contributed by atoms with Crippen molar-refractivity contribution in [2.75, 3.05) is 30.4 Å². The van der Waals surface area contributed by atoms with Crippen LogP contribution in [0.2, 0.25) is 5.15 Å². The number of hydrogen-bond acceptors (Lipinski definition) is 5. The van der Waals surface area contributed by atoms with Gasteiger partial charge in [0.1, 0.15) is 12.0 Å². The van der Waals surface area contributed by atoms with E-state index in [-0.39, 0.29) is 12.2 Å². The zero-order valence-electron chi connectivity index (χ0n) is 11.0. The molecule has 0 spiro atoms. The number of ether oxygens (including phenoxy) is 1.